The van der Waals surface area contributed by atoms with Gasteiger partial charge in [-0.2, -0.15) is 0 Å². The van der Waals surface area contributed by atoms with Crippen molar-refractivity contribution in [3.05, 3.63) is 85.1 Å². The van der Waals surface area contributed by atoms with Gasteiger partial charge in [0, 0.05) is 19.4 Å². The zero-order chi connectivity index (χ0) is 49.2. The van der Waals surface area contributed by atoms with Crippen molar-refractivity contribution < 1.29 is 23.8 Å². The summed E-state index contributed by atoms with van der Waals surface area (Å²) in [5, 5.41) is 0. The van der Waals surface area contributed by atoms with Gasteiger partial charge in [-0.25, -0.2) is 0 Å². The highest BCUT2D eigenvalue weighted by Gasteiger charge is 2.17. The lowest BCUT2D eigenvalue weighted by Crippen LogP contribution is -2.30. The Bertz CT molecular complexity index is 1250. The third kappa shape index (κ3) is 55.7. The molecule has 0 aromatic rings. The van der Waals surface area contributed by atoms with Gasteiger partial charge in [-0.3, -0.25) is 9.59 Å². The van der Waals surface area contributed by atoms with Crippen molar-refractivity contribution in [3.8, 4) is 0 Å². The molecule has 0 aromatic heterocycles. The van der Waals surface area contributed by atoms with Crippen LogP contribution in [0.25, 0.3) is 0 Å². The molecule has 0 aliphatic heterocycles. The van der Waals surface area contributed by atoms with E-state index in [1.54, 1.807) is 0 Å². The number of esters is 2. The van der Waals surface area contributed by atoms with Crippen molar-refractivity contribution in [1.82, 2.24) is 0 Å². The van der Waals surface area contributed by atoms with Gasteiger partial charge in [0.05, 0.1) is 6.61 Å². The van der Waals surface area contributed by atoms with Crippen molar-refractivity contribution in [2.45, 2.75) is 284 Å². The van der Waals surface area contributed by atoms with Crippen molar-refractivity contribution in [3.63, 3.8) is 0 Å². The monoisotopic (exact) mass is 947 g/mol. The van der Waals surface area contributed by atoms with E-state index in [2.05, 4.69) is 106 Å². The fraction of sp³-hybridized carbons (Fsp3) is 0.746. The fourth-order valence-corrected chi connectivity index (χ4v) is 8.06. The minimum absolute atomic E-state index is 0.0683. The molecule has 0 heterocycles. The first-order valence-corrected chi connectivity index (χ1v) is 29.1. The molecule has 0 aliphatic rings. The van der Waals surface area contributed by atoms with E-state index in [4.69, 9.17) is 14.2 Å². The van der Waals surface area contributed by atoms with E-state index in [9.17, 15) is 9.59 Å². The van der Waals surface area contributed by atoms with Gasteiger partial charge in [0.25, 0.3) is 0 Å². The Morgan fingerprint density at radius 3 is 1.09 bits per heavy atom. The van der Waals surface area contributed by atoms with Crippen LogP contribution in [0.5, 0.6) is 0 Å². The van der Waals surface area contributed by atoms with Crippen LogP contribution in [0, 0.1) is 0 Å². The Morgan fingerprint density at radius 2 is 0.662 bits per heavy atom. The highest BCUT2D eigenvalue weighted by molar-refractivity contribution is 5.70. The summed E-state index contributed by atoms with van der Waals surface area (Å²) in [6.45, 7) is 7.65. The Morgan fingerprint density at radius 1 is 0.338 bits per heavy atom. The molecule has 0 spiro atoms. The second-order valence-corrected chi connectivity index (χ2v) is 19.2. The summed E-state index contributed by atoms with van der Waals surface area (Å²) in [5.74, 6) is -0.419. The largest absolute Gasteiger partial charge is 0.462 e. The van der Waals surface area contributed by atoms with Crippen LogP contribution < -0.4 is 0 Å². The maximum absolute atomic E-state index is 12.8. The third-order valence-corrected chi connectivity index (χ3v) is 12.4. The SMILES string of the molecule is CC/C=C\C/C=C\C/C=C\C/C=C\C/C=C\CCCCCCOCC(COC(=O)CCCCCCCCCCC/C=C\CCCCCCCC)OC(=O)CCCCCCC/C=C\CCCCCC. The average molecular weight is 948 g/mol. The molecule has 1 unspecified atom stereocenters. The van der Waals surface area contributed by atoms with Gasteiger partial charge in [-0.1, -0.05) is 234 Å². The molecule has 0 rings (SSSR count). The van der Waals surface area contributed by atoms with Crippen LogP contribution >= 0.6 is 0 Å². The van der Waals surface area contributed by atoms with E-state index < -0.39 is 6.10 Å². The summed E-state index contributed by atoms with van der Waals surface area (Å²) in [6.07, 6.45) is 77.5. The Kier molecular flexibility index (Phi) is 55.9. The van der Waals surface area contributed by atoms with E-state index in [1.807, 2.05) is 0 Å². The average Bonchev–Trinajstić information content (AvgIpc) is 3.34. The zero-order valence-corrected chi connectivity index (χ0v) is 45.1. The van der Waals surface area contributed by atoms with Crippen LogP contribution in [0.3, 0.4) is 0 Å². The van der Waals surface area contributed by atoms with E-state index in [0.29, 0.717) is 19.4 Å². The number of rotatable bonds is 53. The summed E-state index contributed by atoms with van der Waals surface area (Å²) < 4.78 is 17.4. The molecule has 0 amide bonds. The first kappa shape index (κ1) is 65.1. The van der Waals surface area contributed by atoms with Crippen LogP contribution in [0.4, 0.5) is 0 Å². The molecule has 0 aromatic carbocycles. The number of hydrogen-bond acceptors (Lipinski definition) is 5. The van der Waals surface area contributed by atoms with Crippen LogP contribution in [0.1, 0.15) is 278 Å². The molecule has 0 bridgehead atoms. The minimum Gasteiger partial charge on any atom is -0.462 e. The lowest BCUT2D eigenvalue weighted by atomic mass is 10.1. The predicted octanol–water partition coefficient (Wildman–Crippen LogP) is 20.0. The molecule has 0 aliphatic carbocycles. The molecule has 0 radical (unpaired) electrons. The van der Waals surface area contributed by atoms with Crippen LogP contribution in [-0.2, 0) is 23.8 Å². The lowest BCUT2D eigenvalue weighted by molar-refractivity contribution is -0.163. The number of hydrogen-bond donors (Lipinski definition) is 0. The van der Waals surface area contributed by atoms with E-state index in [0.717, 1.165) is 89.9 Å². The summed E-state index contributed by atoms with van der Waals surface area (Å²) in [7, 11) is 0. The number of unbranched alkanes of at least 4 members (excludes halogenated alkanes) is 28. The summed E-state index contributed by atoms with van der Waals surface area (Å²) in [4.78, 5) is 25.5. The normalized spacial score (nSPS) is 12.8. The van der Waals surface area contributed by atoms with Gasteiger partial charge in [0.2, 0.25) is 0 Å². The number of ether oxygens (including phenoxy) is 3. The smallest absolute Gasteiger partial charge is 0.306 e. The summed E-state index contributed by atoms with van der Waals surface area (Å²) >= 11 is 0. The quantitative estimate of drug-likeness (QED) is 0.0345. The van der Waals surface area contributed by atoms with Crippen molar-refractivity contribution >= 4 is 11.9 Å². The minimum atomic E-state index is -0.559. The maximum atomic E-state index is 12.8. The molecule has 0 N–H and O–H groups in total. The zero-order valence-electron chi connectivity index (χ0n) is 45.1. The number of allylic oxidation sites excluding steroid dienone is 14. The fourth-order valence-electron chi connectivity index (χ4n) is 8.06. The van der Waals surface area contributed by atoms with Gasteiger partial charge in [0.1, 0.15) is 6.61 Å². The first-order valence-electron chi connectivity index (χ1n) is 29.1. The van der Waals surface area contributed by atoms with Gasteiger partial charge in [0.15, 0.2) is 6.10 Å². The molecule has 0 fully saturated rings. The first-order chi connectivity index (χ1) is 33.6. The van der Waals surface area contributed by atoms with Crippen LogP contribution in [-0.4, -0.2) is 37.9 Å². The lowest BCUT2D eigenvalue weighted by Gasteiger charge is -2.18. The molecule has 0 saturated heterocycles. The summed E-state index contributed by atoms with van der Waals surface area (Å²) in [5.41, 5.74) is 0. The Labute approximate surface area is 422 Å². The predicted molar refractivity (Wildman–Crippen MR) is 297 cm³/mol. The second-order valence-electron chi connectivity index (χ2n) is 19.2. The molecular weight excluding hydrogens is 837 g/mol. The third-order valence-electron chi connectivity index (χ3n) is 12.4. The molecule has 392 valence electrons. The highest BCUT2D eigenvalue weighted by atomic mass is 16.6. The van der Waals surface area contributed by atoms with Gasteiger partial charge < -0.3 is 14.2 Å². The molecule has 5 heteroatoms. The van der Waals surface area contributed by atoms with Crippen molar-refractivity contribution in [2.75, 3.05) is 19.8 Å². The highest BCUT2D eigenvalue weighted by Crippen LogP contribution is 2.15. The molecule has 68 heavy (non-hydrogen) atoms. The van der Waals surface area contributed by atoms with E-state index in [1.165, 1.54) is 154 Å². The second kappa shape index (κ2) is 58.4. The van der Waals surface area contributed by atoms with Crippen LogP contribution in [0.15, 0.2) is 85.1 Å². The van der Waals surface area contributed by atoms with Gasteiger partial charge in [-0.05, 0) is 116 Å². The summed E-state index contributed by atoms with van der Waals surface area (Å²) in [6, 6.07) is 0. The molecule has 0 saturated carbocycles. The number of carbonyl (C=O) groups excluding carboxylic acids is 2. The van der Waals surface area contributed by atoms with Crippen molar-refractivity contribution in [1.29, 1.82) is 0 Å². The number of carbonyl (C=O) groups is 2. The standard InChI is InChI=1S/C63H110O5/c1-4-7-10-13-16-19-22-25-27-29-31-33-35-37-40-43-46-49-52-55-58-66-59-61(68-63(65)57-54-51-48-45-42-38-24-21-18-15-12-9-6-3)60-67-62(64)56-53-50-47-44-41-39-36-34-32-30-28-26-23-20-17-14-11-8-5-2/h7,10,16,19,21,24-28,31,33,37,40,61H,4-6,8-9,11-15,17-18,20,22-23,29-30,32,34-36,38-39,41-60H2,1-3H3/b10-7-,19-16-,24-21-,27-25-,28-26-,33-31-,40-37-. The molecular formula is C63H110O5. The van der Waals surface area contributed by atoms with Gasteiger partial charge >= 0.3 is 11.9 Å². The van der Waals surface area contributed by atoms with Crippen LogP contribution in [0.2, 0.25) is 0 Å². The Hall–Kier alpha value is -2.92. The van der Waals surface area contributed by atoms with Gasteiger partial charge in [-0.15, -0.1) is 0 Å². The maximum Gasteiger partial charge on any atom is 0.306 e. The topological polar surface area (TPSA) is 61.8 Å². The van der Waals surface area contributed by atoms with E-state index >= 15 is 0 Å². The molecule has 5 nitrogen and oxygen atoms in total. The van der Waals surface area contributed by atoms with Crippen molar-refractivity contribution in [2.24, 2.45) is 0 Å². The molecule has 1 atom stereocenters. The Balaban J connectivity index is 4.30. The van der Waals surface area contributed by atoms with E-state index in [-0.39, 0.29) is 25.2 Å².